The molecule has 7 nitrogen and oxygen atoms in total. The average molecular weight is 289 g/mol. The Morgan fingerprint density at radius 1 is 1.43 bits per heavy atom. The van der Waals surface area contributed by atoms with Crippen molar-refractivity contribution in [2.45, 2.75) is 32.4 Å². The molecule has 0 aliphatic carbocycles. The summed E-state index contributed by atoms with van der Waals surface area (Å²) in [6, 6.07) is 3.95. The Bertz CT molecular complexity index is 601. The van der Waals surface area contributed by atoms with Crippen LogP contribution in [-0.2, 0) is 6.54 Å². The van der Waals surface area contributed by atoms with Gasteiger partial charge in [0.2, 0.25) is 0 Å². The van der Waals surface area contributed by atoms with E-state index in [4.69, 9.17) is 4.52 Å². The van der Waals surface area contributed by atoms with E-state index in [9.17, 15) is 5.11 Å². The van der Waals surface area contributed by atoms with E-state index >= 15 is 0 Å². The molecule has 0 bridgehead atoms. The fourth-order valence-electron chi connectivity index (χ4n) is 2.61. The van der Waals surface area contributed by atoms with E-state index in [1.807, 2.05) is 19.1 Å². The highest BCUT2D eigenvalue weighted by Crippen LogP contribution is 2.24. The fourth-order valence-corrected chi connectivity index (χ4v) is 2.61. The van der Waals surface area contributed by atoms with Crippen LogP contribution >= 0.6 is 0 Å². The Kier molecular flexibility index (Phi) is 4.01. The van der Waals surface area contributed by atoms with Gasteiger partial charge < -0.3 is 19.8 Å². The van der Waals surface area contributed by atoms with Crippen molar-refractivity contribution in [3.05, 3.63) is 29.9 Å². The van der Waals surface area contributed by atoms with Gasteiger partial charge in [-0.3, -0.25) is 0 Å². The van der Waals surface area contributed by atoms with Crippen molar-refractivity contribution in [2.75, 3.05) is 23.4 Å². The molecule has 1 saturated heterocycles. The van der Waals surface area contributed by atoms with Crippen LogP contribution in [0.15, 0.2) is 23.0 Å². The van der Waals surface area contributed by atoms with Crippen molar-refractivity contribution in [3.63, 3.8) is 0 Å². The Balaban J connectivity index is 1.68. The first-order valence-corrected chi connectivity index (χ1v) is 7.12. The number of aryl methyl sites for hydroxylation is 1. The number of nitrogens with one attached hydrogen (secondary N) is 1. The highest BCUT2D eigenvalue weighted by molar-refractivity contribution is 5.49. The summed E-state index contributed by atoms with van der Waals surface area (Å²) in [6.45, 7) is 3.49. The Labute approximate surface area is 123 Å². The number of anilines is 2. The third-order valence-electron chi connectivity index (χ3n) is 3.66. The van der Waals surface area contributed by atoms with Gasteiger partial charge in [-0.1, -0.05) is 5.16 Å². The SMILES string of the molecule is Cc1cc(CNc2cc(N3CCC[C@H]3CO)ncn2)no1. The summed E-state index contributed by atoms with van der Waals surface area (Å²) in [5.74, 6) is 2.38. The van der Waals surface area contributed by atoms with Crippen LogP contribution in [0, 0.1) is 6.92 Å². The van der Waals surface area contributed by atoms with Gasteiger partial charge in [-0.05, 0) is 19.8 Å². The van der Waals surface area contributed by atoms with E-state index in [1.165, 1.54) is 0 Å². The lowest BCUT2D eigenvalue weighted by molar-refractivity contribution is 0.266. The van der Waals surface area contributed by atoms with Crippen LogP contribution in [0.5, 0.6) is 0 Å². The van der Waals surface area contributed by atoms with E-state index in [0.717, 1.165) is 42.5 Å². The number of nitrogens with zero attached hydrogens (tertiary/aromatic N) is 4. The minimum atomic E-state index is 0.158. The highest BCUT2D eigenvalue weighted by atomic mass is 16.5. The monoisotopic (exact) mass is 289 g/mol. The third-order valence-corrected chi connectivity index (χ3v) is 3.66. The van der Waals surface area contributed by atoms with E-state index in [1.54, 1.807) is 6.33 Å². The molecule has 112 valence electrons. The van der Waals surface area contributed by atoms with E-state index in [0.29, 0.717) is 6.54 Å². The minimum absolute atomic E-state index is 0.158. The average Bonchev–Trinajstić information content (AvgIpc) is 3.14. The Hall–Kier alpha value is -2.15. The van der Waals surface area contributed by atoms with Crippen molar-refractivity contribution in [1.82, 2.24) is 15.1 Å². The highest BCUT2D eigenvalue weighted by Gasteiger charge is 2.25. The molecule has 1 aliphatic heterocycles. The summed E-state index contributed by atoms with van der Waals surface area (Å²) in [6.07, 6.45) is 3.62. The molecular weight excluding hydrogens is 270 g/mol. The van der Waals surface area contributed by atoms with E-state index in [2.05, 4.69) is 25.3 Å². The molecule has 21 heavy (non-hydrogen) atoms. The van der Waals surface area contributed by atoms with Gasteiger partial charge in [0.1, 0.15) is 29.4 Å². The first-order chi connectivity index (χ1) is 10.3. The lowest BCUT2D eigenvalue weighted by Crippen LogP contribution is -2.32. The zero-order valence-electron chi connectivity index (χ0n) is 12.0. The lowest BCUT2D eigenvalue weighted by Gasteiger charge is -2.24. The van der Waals surface area contributed by atoms with Gasteiger partial charge in [0.25, 0.3) is 0 Å². The second-order valence-corrected chi connectivity index (χ2v) is 5.22. The molecule has 3 heterocycles. The molecule has 0 saturated carbocycles. The van der Waals surface area contributed by atoms with E-state index in [-0.39, 0.29) is 12.6 Å². The second-order valence-electron chi connectivity index (χ2n) is 5.22. The van der Waals surface area contributed by atoms with Gasteiger partial charge in [-0.25, -0.2) is 9.97 Å². The van der Waals surface area contributed by atoms with Crippen molar-refractivity contribution in [1.29, 1.82) is 0 Å². The van der Waals surface area contributed by atoms with Gasteiger partial charge in [-0.2, -0.15) is 0 Å². The van der Waals surface area contributed by atoms with Gasteiger partial charge >= 0.3 is 0 Å². The van der Waals surface area contributed by atoms with Crippen molar-refractivity contribution in [3.8, 4) is 0 Å². The predicted molar refractivity (Wildman–Crippen MR) is 78.1 cm³/mol. The quantitative estimate of drug-likeness (QED) is 0.859. The summed E-state index contributed by atoms with van der Waals surface area (Å²) in [5, 5.41) is 16.5. The van der Waals surface area contributed by atoms with Crippen LogP contribution in [0.2, 0.25) is 0 Å². The van der Waals surface area contributed by atoms with Crippen LogP contribution in [0.25, 0.3) is 0 Å². The van der Waals surface area contributed by atoms with E-state index < -0.39 is 0 Å². The number of aromatic nitrogens is 3. The smallest absolute Gasteiger partial charge is 0.134 e. The van der Waals surface area contributed by atoms with Gasteiger partial charge in [0.05, 0.1) is 19.2 Å². The standard InChI is InChI=1S/C14H19N5O2/c1-10-5-11(18-21-10)7-15-13-6-14(17-9-16-13)19-4-2-3-12(19)8-20/h5-6,9,12,20H,2-4,7-8H2,1H3,(H,15,16,17)/t12-/m0/s1. The largest absolute Gasteiger partial charge is 0.394 e. The van der Waals surface area contributed by atoms with Gasteiger partial charge in [0.15, 0.2) is 0 Å². The first kappa shape index (κ1) is 13.8. The Morgan fingerprint density at radius 2 is 2.33 bits per heavy atom. The maximum atomic E-state index is 9.40. The first-order valence-electron chi connectivity index (χ1n) is 7.12. The summed E-state index contributed by atoms with van der Waals surface area (Å²) >= 11 is 0. The minimum Gasteiger partial charge on any atom is -0.394 e. The summed E-state index contributed by atoms with van der Waals surface area (Å²) in [5.41, 5.74) is 0.835. The van der Waals surface area contributed by atoms with Crippen LogP contribution in [0.1, 0.15) is 24.3 Å². The number of rotatable bonds is 5. The maximum absolute atomic E-state index is 9.40. The zero-order valence-corrected chi connectivity index (χ0v) is 12.0. The molecule has 1 aliphatic rings. The van der Waals surface area contributed by atoms with Crippen molar-refractivity contribution >= 4 is 11.6 Å². The summed E-state index contributed by atoms with van der Waals surface area (Å²) in [7, 11) is 0. The number of hydrogen-bond donors (Lipinski definition) is 2. The van der Waals surface area contributed by atoms with Crippen LogP contribution in [-0.4, -0.2) is 39.4 Å². The summed E-state index contributed by atoms with van der Waals surface area (Å²) < 4.78 is 5.03. The van der Waals surface area contributed by atoms with Crippen molar-refractivity contribution < 1.29 is 9.63 Å². The molecular formula is C14H19N5O2. The molecule has 3 rings (SSSR count). The fraction of sp³-hybridized carbons (Fsp3) is 0.500. The molecule has 7 heteroatoms. The molecule has 0 radical (unpaired) electrons. The van der Waals surface area contributed by atoms with Crippen molar-refractivity contribution in [2.24, 2.45) is 0 Å². The number of aliphatic hydroxyl groups excluding tert-OH is 1. The molecule has 2 N–H and O–H groups in total. The molecule has 0 aromatic carbocycles. The number of aliphatic hydroxyl groups is 1. The van der Waals surface area contributed by atoms with Crippen LogP contribution in [0.4, 0.5) is 11.6 Å². The van der Waals surface area contributed by atoms with Crippen LogP contribution < -0.4 is 10.2 Å². The maximum Gasteiger partial charge on any atom is 0.134 e. The zero-order chi connectivity index (χ0) is 14.7. The topological polar surface area (TPSA) is 87.3 Å². The second kappa shape index (κ2) is 6.09. The normalized spacial score (nSPS) is 18.2. The molecule has 1 atom stereocenters. The molecule has 0 amide bonds. The van der Waals surface area contributed by atoms with Crippen LogP contribution in [0.3, 0.4) is 0 Å². The van der Waals surface area contributed by atoms with Gasteiger partial charge in [0, 0.05) is 18.7 Å². The Morgan fingerprint density at radius 3 is 3.10 bits per heavy atom. The molecule has 0 unspecified atom stereocenters. The third kappa shape index (κ3) is 3.13. The molecule has 0 spiro atoms. The molecule has 2 aromatic rings. The summed E-state index contributed by atoms with van der Waals surface area (Å²) in [4.78, 5) is 10.7. The number of hydrogen-bond acceptors (Lipinski definition) is 7. The lowest BCUT2D eigenvalue weighted by atomic mass is 10.2. The predicted octanol–water partition coefficient (Wildman–Crippen LogP) is 1.35. The molecule has 1 fully saturated rings. The molecule has 2 aromatic heterocycles. The van der Waals surface area contributed by atoms with Gasteiger partial charge in [-0.15, -0.1) is 0 Å².